The van der Waals surface area contributed by atoms with Crippen LogP contribution in [0.5, 0.6) is 0 Å². The number of rotatable bonds is 1. The third-order valence-corrected chi connectivity index (χ3v) is 4.02. The quantitative estimate of drug-likeness (QED) is 0.840. The van der Waals surface area contributed by atoms with Crippen LogP contribution in [0.4, 0.5) is 4.79 Å². The van der Waals surface area contributed by atoms with E-state index in [2.05, 4.69) is 9.55 Å². The molecule has 0 bridgehead atoms. The second kappa shape index (κ2) is 4.48. The molecular weight excluding hydrogens is 256 g/mol. The Morgan fingerprint density at radius 3 is 2.85 bits per heavy atom. The molecule has 1 saturated heterocycles. The summed E-state index contributed by atoms with van der Waals surface area (Å²) >= 11 is 0. The van der Waals surface area contributed by atoms with Gasteiger partial charge in [0.2, 0.25) is 0 Å². The fourth-order valence-corrected chi connectivity index (χ4v) is 3.16. The standard InChI is InChI=1S/C14H22N4O2/c1-14(2,3)20-13(19)17-6-9-7-18-10(4-15)5-16-12(18)11(9)8-17/h5,9,11H,4,6-8,15H2,1-3H3/t9-,11-/m1/s1. The monoisotopic (exact) mass is 278 g/mol. The van der Waals surface area contributed by atoms with Crippen molar-refractivity contribution in [1.29, 1.82) is 0 Å². The zero-order chi connectivity index (χ0) is 14.5. The maximum Gasteiger partial charge on any atom is 0.410 e. The summed E-state index contributed by atoms with van der Waals surface area (Å²) in [5, 5.41) is 0. The molecule has 6 nitrogen and oxygen atoms in total. The van der Waals surface area contributed by atoms with Crippen LogP contribution in [0.25, 0.3) is 0 Å². The third kappa shape index (κ3) is 2.18. The number of carbonyl (C=O) groups excluding carboxylic acids is 1. The lowest BCUT2D eigenvalue weighted by atomic mass is 9.99. The van der Waals surface area contributed by atoms with E-state index in [-0.39, 0.29) is 6.09 Å². The number of carbonyl (C=O) groups is 1. The van der Waals surface area contributed by atoms with Gasteiger partial charge >= 0.3 is 6.09 Å². The molecule has 6 heteroatoms. The highest BCUT2D eigenvalue weighted by atomic mass is 16.6. The number of aromatic nitrogens is 2. The van der Waals surface area contributed by atoms with Crippen LogP contribution >= 0.6 is 0 Å². The molecule has 2 aliphatic rings. The van der Waals surface area contributed by atoms with E-state index in [1.54, 1.807) is 4.90 Å². The normalized spacial score (nSPS) is 24.7. The first-order valence-electron chi connectivity index (χ1n) is 7.11. The Morgan fingerprint density at radius 1 is 1.45 bits per heavy atom. The Bertz CT molecular complexity index is 532. The number of fused-ring (bicyclic) bond motifs is 3. The van der Waals surface area contributed by atoms with E-state index in [4.69, 9.17) is 10.5 Å². The van der Waals surface area contributed by atoms with Crippen molar-refractivity contribution in [2.45, 2.75) is 45.4 Å². The number of imidazole rings is 1. The van der Waals surface area contributed by atoms with Crippen LogP contribution in [-0.2, 0) is 17.8 Å². The van der Waals surface area contributed by atoms with Crippen molar-refractivity contribution in [2.24, 2.45) is 11.7 Å². The van der Waals surface area contributed by atoms with Gasteiger partial charge in [-0.3, -0.25) is 0 Å². The van der Waals surface area contributed by atoms with Gasteiger partial charge in [-0.25, -0.2) is 9.78 Å². The van der Waals surface area contributed by atoms with E-state index >= 15 is 0 Å². The summed E-state index contributed by atoms with van der Waals surface area (Å²) in [7, 11) is 0. The van der Waals surface area contributed by atoms with E-state index in [1.807, 2.05) is 27.0 Å². The van der Waals surface area contributed by atoms with E-state index in [1.165, 1.54) is 0 Å². The van der Waals surface area contributed by atoms with Crippen molar-refractivity contribution in [3.63, 3.8) is 0 Å². The molecule has 2 aliphatic heterocycles. The molecule has 1 amide bonds. The molecule has 20 heavy (non-hydrogen) atoms. The van der Waals surface area contributed by atoms with Crippen molar-refractivity contribution < 1.29 is 9.53 Å². The highest BCUT2D eigenvalue weighted by Crippen LogP contribution is 2.39. The molecule has 1 aromatic rings. The van der Waals surface area contributed by atoms with Crippen LogP contribution in [0.3, 0.4) is 0 Å². The smallest absolute Gasteiger partial charge is 0.410 e. The van der Waals surface area contributed by atoms with Crippen molar-refractivity contribution in [3.8, 4) is 0 Å². The fraction of sp³-hybridized carbons (Fsp3) is 0.714. The lowest BCUT2D eigenvalue weighted by Crippen LogP contribution is -2.36. The van der Waals surface area contributed by atoms with E-state index in [9.17, 15) is 4.79 Å². The second-order valence-electron chi connectivity index (χ2n) is 6.67. The summed E-state index contributed by atoms with van der Waals surface area (Å²) < 4.78 is 7.65. The molecule has 2 atom stereocenters. The molecule has 0 aliphatic carbocycles. The molecule has 110 valence electrons. The van der Waals surface area contributed by atoms with Crippen molar-refractivity contribution in [3.05, 3.63) is 17.7 Å². The number of nitrogens with two attached hydrogens (primary N) is 1. The molecule has 0 aromatic carbocycles. The van der Waals surface area contributed by atoms with Crippen LogP contribution in [0, 0.1) is 5.92 Å². The SMILES string of the molecule is CC(C)(C)OC(=O)N1C[C@@H]2Cn3c(CN)cnc3[C@@H]2C1. The van der Waals surface area contributed by atoms with E-state index in [0.717, 1.165) is 24.6 Å². The Kier molecular flexibility index (Phi) is 3.01. The van der Waals surface area contributed by atoms with Gasteiger partial charge in [0, 0.05) is 44.2 Å². The first kappa shape index (κ1) is 13.4. The van der Waals surface area contributed by atoms with Gasteiger partial charge in [0.05, 0.1) is 5.69 Å². The van der Waals surface area contributed by atoms with Gasteiger partial charge in [0.25, 0.3) is 0 Å². The predicted octanol–water partition coefficient (Wildman–Crippen LogP) is 1.31. The van der Waals surface area contributed by atoms with Gasteiger partial charge in [-0.05, 0) is 20.8 Å². The summed E-state index contributed by atoms with van der Waals surface area (Å²) in [5.41, 5.74) is 6.35. The largest absolute Gasteiger partial charge is 0.444 e. The van der Waals surface area contributed by atoms with Gasteiger partial charge in [-0.1, -0.05) is 0 Å². The zero-order valence-corrected chi connectivity index (χ0v) is 12.3. The minimum absolute atomic E-state index is 0.218. The first-order valence-corrected chi connectivity index (χ1v) is 7.11. The molecule has 2 N–H and O–H groups in total. The number of amides is 1. The molecule has 3 rings (SSSR count). The van der Waals surface area contributed by atoms with Gasteiger partial charge in [0.15, 0.2) is 0 Å². The molecule has 3 heterocycles. The number of ether oxygens (including phenoxy) is 1. The van der Waals surface area contributed by atoms with Crippen LogP contribution in [-0.4, -0.2) is 39.2 Å². The van der Waals surface area contributed by atoms with Crippen molar-refractivity contribution in [1.82, 2.24) is 14.5 Å². The summed E-state index contributed by atoms with van der Waals surface area (Å²) in [6.07, 6.45) is 1.63. The minimum atomic E-state index is -0.444. The third-order valence-electron chi connectivity index (χ3n) is 4.02. The summed E-state index contributed by atoms with van der Waals surface area (Å²) in [4.78, 5) is 18.4. The van der Waals surface area contributed by atoms with Gasteiger partial charge in [-0.2, -0.15) is 0 Å². The molecular formula is C14H22N4O2. The summed E-state index contributed by atoms with van der Waals surface area (Å²) in [6, 6.07) is 0. The number of likely N-dealkylation sites (tertiary alicyclic amines) is 1. The lowest BCUT2D eigenvalue weighted by molar-refractivity contribution is 0.0283. The Balaban J connectivity index is 1.71. The average Bonchev–Trinajstić information content (AvgIpc) is 2.95. The highest BCUT2D eigenvalue weighted by molar-refractivity contribution is 5.68. The molecule has 1 fully saturated rings. The molecule has 0 saturated carbocycles. The average molecular weight is 278 g/mol. The van der Waals surface area contributed by atoms with Crippen molar-refractivity contribution >= 4 is 6.09 Å². The van der Waals surface area contributed by atoms with Crippen LogP contribution in [0.1, 0.15) is 38.2 Å². The topological polar surface area (TPSA) is 73.4 Å². The lowest BCUT2D eigenvalue weighted by Gasteiger charge is -2.25. The predicted molar refractivity (Wildman–Crippen MR) is 74.2 cm³/mol. The minimum Gasteiger partial charge on any atom is -0.444 e. The van der Waals surface area contributed by atoms with Crippen molar-refractivity contribution in [2.75, 3.05) is 13.1 Å². The number of hydrogen-bond donors (Lipinski definition) is 1. The van der Waals surface area contributed by atoms with Gasteiger partial charge in [-0.15, -0.1) is 0 Å². The molecule has 0 radical (unpaired) electrons. The van der Waals surface area contributed by atoms with Crippen LogP contribution < -0.4 is 5.73 Å². The summed E-state index contributed by atoms with van der Waals surface area (Å²) in [6.45, 7) is 8.54. The van der Waals surface area contributed by atoms with E-state index < -0.39 is 5.60 Å². The Hall–Kier alpha value is -1.56. The highest BCUT2D eigenvalue weighted by Gasteiger charge is 2.44. The molecule has 1 aromatic heterocycles. The maximum atomic E-state index is 12.1. The summed E-state index contributed by atoms with van der Waals surface area (Å²) in [5.74, 6) is 1.83. The second-order valence-corrected chi connectivity index (χ2v) is 6.67. The zero-order valence-electron chi connectivity index (χ0n) is 12.3. The van der Waals surface area contributed by atoms with Crippen LogP contribution in [0.2, 0.25) is 0 Å². The number of hydrogen-bond acceptors (Lipinski definition) is 4. The van der Waals surface area contributed by atoms with Gasteiger partial charge in [0.1, 0.15) is 11.4 Å². The maximum absolute atomic E-state index is 12.1. The Morgan fingerprint density at radius 2 is 2.20 bits per heavy atom. The molecule has 0 spiro atoms. The first-order chi connectivity index (χ1) is 9.39. The van der Waals surface area contributed by atoms with Gasteiger partial charge < -0.3 is 19.9 Å². The fourth-order valence-electron chi connectivity index (χ4n) is 3.16. The Labute approximate surface area is 118 Å². The number of nitrogens with zero attached hydrogens (tertiary/aromatic N) is 3. The molecule has 0 unspecified atom stereocenters. The van der Waals surface area contributed by atoms with E-state index in [0.29, 0.717) is 24.9 Å². The van der Waals surface area contributed by atoms with Crippen LogP contribution in [0.15, 0.2) is 6.20 Å².